The predicted molar refractivity (Wildman–Crippen MR) is 155 cm³/mol. The van der Waals surface area contributed by atoms with E-state index < -0.39 is 38.9 Å². The van der Waals surface area contributed by atoms with Gasteiger partial charge in [0.05, 0.1) is 16.2 Å². The van der Waals surface area contributed by atoms with E-state index in [0.717, 1.165) is 19.3 Å². The van der Waals surface area contributed by atoms with Crippen molar-refractivity contribution in [3.63, 3.8) is 0 Å². The molecule has 2 saturated heterocycles. The summed E-state index contributed by atoms with van der Waals surface area (Å²) in [4.78, 5) is 46.4. The first kappa shape index (κ1) is 29.0. The van der Waals surface area contributed by atoms with Crippen molar-refractivity contribution in [1.29, 1.82) is 0 Å². The van der Waals surface area contributed by atoms with E-state index in [1.807, 2.05) is 25.9 Å². The molecule has 1 atom stereocenters. The lowest BCUT2D eigenvalue weighted by Crippen LogP contribution is -2.52. The second-order valence-electron chi connectivity index (χ2n) is 10.9. The minimum atomic E-state index is -3.71. The minimum Gasteiger partial charge on any atom is -0.507 e. The zero-order valence-electron chi connectivity index (χ0n) is 23.7. The smallest absolute Gasteiger partial charge is 0.296 e. The molecule has 2 aromatic carbocycles. The Hall–Kier alpha value is -3.54. The number of aliphatic hydroxyl groups is 1. The number of sulfonamides is 1. The number of likely N-dealkylation sites (N-methyl/N-ethyl adjacent to an activating group) is 1. The third-order valence-corrected chi connectivity index (χ3v) is 10.1. The Labute approximate surface area is 240 Å². The highest BCUT2D eigenvalue weighted by molar-refractivity contribution is 7.89. The van der Waals surface area contributed by atoms with E-state index >= 15 is 0 Å². The zero-order valence-corrected chi connectivity index (χ0v) is 24.5. The van der Waals surface area contributed by atoms with Crippen molar-refractivity contribution in [1.82, 2.24) is 14.1 Å². The van der Waals surface area contributed by atoms with Crippen LogP contribution in [0.5, 0.6) is 0 Å². The molecular formula is C30H36N4O6S. The molecular weight excluding hydrogens is 544 g/mol. The molecule has 10 nitrogen and oxygen atoms in total. The van der Waals surface area contributed by atoms with Crippen LogP contribution < -0.4 is 4.90 Å². The number of anilines is 1. The predicted octanol–water partition coefficient (Wildman–Crippen LogP) is 2.76. The minimum absolute atomic E-state index is 0.0780. The van der Waals surface area contributed by atoms with Gasteiger partial charge in [-0.05, 0) is 77.2 Å². The van der Waals surface area contributed by atoms with Gasteiger partial charge in [-0.15, -0.1) is 0 Å². The largest absolute Gasteiger partial charge is 0.507 e. The highest BCUT2D eigenvalue weighted by Gasteiger charge is 2.66. The molecule has 2 fully saturated rings. The van der Waals surface area contributed by atoms with Crippen LogP contribution in [-0.2, 0) is 29.9 Å². The number of aliphatic hydroxyl groups excluding tert-OH is 1. The first-order valence-electron chi connectivity index (χ1n) is 14.0. The summed E-state index contributed by atoms with van der Waals surface area (Å²) in [6, 6.07) is 12.6. The Morgan fingerprint density at radius 3 is 2.27 bits per heavy atom. The van der Waals surface area contributed by atoms with E-state index in [9.17, 15) is 27.9 Å². The van der Waals surface area contributed by atoms with E-state index in [-0.39, 0.29) is 22.6 Å². The molecule has 0 unspecified atom stereocenters. The van der Waals surface area contributed by atoms with Crippen molar-refractivity contribution in [3.8, 4) is 0 Å². The van der Waals surface area contributed by atoms with Gasteiger partial charge in [-0.3, -0.25) is 14.4 Å². The van der Waals surface area contributed by atoms with Gasteiger partial charge in [0.15, 0.2) is 5.54 Å². The molecule has 0 bridgehead atoms. The van der Waals surface area contributed by atoms with Crippen LogP contribution in [0.3, 0.4) is 0 Å². The standard InChI is InChI=1S/C30H36N4O6S/c1-4-33-24-12-7-6-11-23(24)30(29(33)38)25(27(36)28(37)34(30)20-10-17-31(2)3)26(35)21-13-15-22(16-14-21)41(39,40)32-18-8-5-9-19-32/h6-7,11-16,35H,4-5,8-10,17-20H2,1-3H3/t30-/m0/s1. The number of Topliss-reactive ketones (excluding diaryl/α,β-unsaturated/α-hetero) is 1. The molecule has 11 heteroatoms. The van der Waals surface area contributed by atoms with E-state index in [1.54, 1.807) is 24.3 Å². The van der Waals surface area contributed by atoms with Gasteiger partial charge in [0, 0.05) is 37.3 Å². The van der Waals surface area contributed by atoms with Gasteiger partial charge in [-0.1, -0.05) is 24.6 Å². The van der Waals surface area contributed by atoms with Gasteiger partial charge >= 0.3 is 0 Å². The van der Waals surface area contributed by atoms with E-state index in [0.29, 0.717) is 43.9 Å². The second kappa shape index (κ2) is 11.0. The summed E-state index contributed by atoms with van der Waals surface area (Å²) in [6.07, 6.45) is 3.10. The van der Waals surface area contributed by atoms with Crippen molar-refractivity contribution in [2.24, 2.45) is 0 Å². The molecule has 3 aliphatic rings. The summed E-state index contributed by atoms with van der Waals surface area (Å²) in [6.45, 7) is 3.79. The van der Waals surface area contributed by atoms with Gasteiger partial charge in [0.1, 0.15) is 5.76 Å². The summed E-state index contributed by atoms with van der Waals surface area (Å²) in [5.41, 5.74) is -0.938. The average molecular weight is 581 g/mol. The van der Waals surface area contributed by atoms with Crippen LogP contribution in [0.25, 0.3) is 5.76 Å². The number of carbonyl (C=O) groups excluding carboxylic acids is 3. The molecule has 0 saturated carbocycles. The molecule has 0 aliphatic carbocycles. The summed E-state index contributed by atoms with van der Waals surface area (Å²) in [5, 5.41) is 11.7. The molecule has 218 valence electrons. The highest BCUT2D eigenvalue weighted by atomic mass is 32.2. The number of benzene rings is 2. The van der Waals surface area contributed by atoms with Gasteiger partial charge in [-0.25, -0.2) is 8.42 Å². The molecule has 3 heterocycles. The van der Waals surface area contributed by atoms with E-state index in [1.165, 1.54) is 38.4 Å². The average Bonchev–Trinajstić information content (AvgIpc) is 3.35. The topological polar surface area (TPSA) is 119 Å². The van der Waals surface area contributed by atoms with Gasteiger partial charge < -0.3 is 19.8 Å². The van der Waals surface area contributed by atoms with Crippen LogP contribution in [0, 0.1) is 0 Å². The number of nitrogens with zero attached hydrogens (tertiary/aromatic N) is 4. The number of likely N-dealkylation sites (tertiary alicyclic amines) is 1. The third kappa shape index (κ3) is 4.56. The van der Waals surface area contributed by atoms with Crippen LogP contribution in [0.2, 0.25) is 0 Å². The maximum atomic E-state index is 14.3. The Morgan fingerprint density at radius 1 is 0.976 bits per heavy atom. The Morgan fingerprint density at radius 2 is 1.63 bits per heavy atom. The summed E-state index contributed by atoms with van der Waals surface area (Å²) >= 11 is 0. The van der Waals surface area contributed by atoms with Gasteiger partial charge in [-0.2, -0.15) is 4.31 Å². The monoisotopic (exact) mass is 580 g/mol. The van der Waals surface area contributed by atoms with Crippen molar-refractivity contribution in [2.45, 2.75) is 43.0 Å². The Kier molecular flexibility index (Phi) is 7.80. The lowest BCUT2D eigenvalue weighted by Gasteiger charge is -2.34. The number of hydrogen-bond acceptors (Lipinski definition) is 7. The van der Waals surface area contributed by atoms with Crippen LogP contribution in [0.1, 0.15) is 43.7 Å². The van der Waals surface area contributed by atoms with Gasteiger partial charge in [0.25, 0.3) is 17.6 Å². The van der Waals surface area contributed by atoms with E-state index in [4.69, 9.17) is 0 Å². The molecule has 1 N–H and O–H groups in total. The fourth-order valence-electron chi connectivity index (χ4n) is 6.21. The highest BCUT2D eigenvalue weighted by Crippen LogP contribution is 2.53. The number of rotatable bonds is 8. The van der Waals surface area contributed by atoms with Crippen LogP contribution >= 0.6 is 0 Å². The maximum Gasteiger partial charge on any atom is 0.296 e. The van der Waals surface area contributed by atoms with Crippen LogP contribution in [0.15, 0.2) is 59.0 Å². The lowest BCUT2D eigenvalue weighted by molar-refractivity contribution is -0.143. The summed E-state index contributed by atoms with van der Waals surface area (Å²) in [7, 11) is 0.0842. The molecule has 0 aromatic heterocycles. The van der Waals surface area contributed by atoms with Crippen molar-refractivity contribution in [2.75, 3.05) is 51.7 Å². The van der Waals surface area contributed by atoms with Crippen LogP contribution in [-0.4, -0.2) is 92.0 Å². The Bertz CT molecular complexity index is 1510. The molecule has 41 heavy (non-hydrogen) atoms. The number of fused-ring (bicyclic) bond motifs is 2. The number of carbonyl (C=O) groups is 3. The maximum absolute atomic E-state index is 14.3. The number of para-hydroxylation sites is 1. The molecule has 1 spiro atoms. The first-order chi connectivity index (χ1) is 19.6. The normalized spacial score (nSPS) is 22.8. The molecule has 2 amide bonds. The third-order valence-electron chi connectivity index (χ3n) is 8.19. The molecule has 0 radical (unpaired) electrons. The molecule has 5 rings (SSSR count). The van der Waals surface area contributed by atoms with Crippen LogP contribution in [0.4, 0.5) is 5.69 Å². The number of amides is 2. The molecule has 3 aliphatic heterocycles. The summed E-state index contributed by atoms with van der Waals surface area (Å²) in [5.74, 6) is -2.79. The SMILES string of the molecule is CCN1C(=O)[C@@]2(C(=C(O)c3ccc(S(=O)(=O)N4CCCCC4)cc3)C(=O)C(=O)N2CCCN(C)C)c2ccccc21. The van der Waals surface area contributed by atoms with Crippen molar-refractivity contribution < 1.29 is 27.9 Å². The van der Waals surface area contributed by atoms with Crippen molar-refractivity contribution in [3.05, 3.63) is 65.2 Å². The van der Waals surface area contributed by atoms with Crippen molar-refractivity contribution >= 4 is 39.1 Å². The zero-order chi connectivity index (χ0) is 29.5. The fourth-order valence-corrected chi connectivity index (χ4v) is 7.73. The molecule has 2 aromatic rings. The number of ketones is 1. The number of piperidine rings is 1. The first-order valence-corrected chi connectivity index (χ1v) is 15.5. The summed E-state index contributed by atoms with van der Waals surface area (Å²) < 4.78 is 27.8. The lowest BCUT2D eigenvalue weighted by atomic mass is 9.82. The second-order valence-corrected chi connectivity index (χ2v) is 12.9. The van der Waals surface area contributed by atoms with Gasteiger partial charge in [0.2, 0.25) is 10.0 Å². The number of hydrogen-bond donors (Lipinski definition) is 1. The Balaban J connectivity index is 1.64. The quantitative estimate of drug-likeness (QED) is 0.290. The fraction of sp³-hybridized carbons (Fsp3) is 0.433. The van der Waals surface area contributed by atoms with E-state index in [2.05, 4.69) is 0 Å².